The molecule has 0 aliphatic carbocycles. The van der Waals surface area contributed by atoms with Crippen LogP contribution in [0, 0.1) is 0 Å². The number of piperazine rings is 1. The molecule has 0 spiro atoms. The van der Waals surface area contributed by atoms with Crippen LogP contribution in [0.25, 0.3) is 0 Å². The van der Waals surface area contributed by atoms with Crippen LogP contribution in [0.15, 0.2) is 18.3 Å². The Kier molecular flexibility index (Phi) is 7.99. The molecule has 32 heavy (non-hydrogen) atoms. The third-order valence-corrected chi connectivity index (χ3v) is 10.6. The summed E-state index contributed by atoms with van der Waals surface area (Å²) >= 11 is 0. The van der Waals surface area contributed by atoms with Crippen LogP contribution >= 0.6 is 0 Å². The number of carbonyl (C=O) groups excluding carboxylic acids is 2. The van der Waals surface area contributed by atoms with Crippen molar-refractivity contribution in [3.05, 3.63) is 24.0 Å². The minimum absolute atomic E-state index is 0.0751. The highest BCUT2D eigenvalue weighted by Crippen LogP contribution is 2.37. The first-order chi connectivity index (χ1) is 14.6. The van der Waals surface area contributed by atoms with E-state index < -0.39 is 19.9 Å². The number of esters is 1. The fraction of sp³-hybridized carbons (Fsp3) is 0.696. The van der Waals surface area contributed by atoms with Crippen LogP contribution in [0.1, 0.15) is 52.0 Å². The van der Waals surface area contributed by atoms with E-state index in [1.54, 1.807) is 17.2 Å². The van der Waals surface area contributed by atoms with Crippen molar-refractivity contribution in [3.63, 3.8) is 0 Å². The predicted octanol–water partition coefficient (Wildman–Crippen LogP) is 4.32. The predicted molar refractivity (Wildman–Crippen MR) is 128 cm³/mol. The Morgan fingerprint density at radius 2 is 1.78 bits per heavy atom. The molecule has 0 saturated carbocycles. The highest BCUT2D eigenvalue weighted by Gasteiger charge is 2.40. The van der Waals surface area contributed by atoms with E-state index in [1.807, 2.05) is 26.8 Å². The van der Waals surface area contributed by atoms with E-state index in [4.69, 9.17) is 13.9 Å². The van der Waals surface area contributed by atoms with Gasteiger partial charge in [0.15, 0.2) is 8.32 Å². The number of methoxy groups -OCH3 is 1. The average molecular weight is 466 g/mol. The maximum atomic E-state index is 12.9. The molecule has 1 amide bonds. The largest absolute Gasteiger partial charge is 0.464 e. The summed E-state index contributed by atoms with van der Waals surface area (Å²) in [6.45, 7) is 18.8. The van der Waals surface area contributed by atoms with E-state index in [2.05, 4.69) is 43.7 Å². The summed E-state index contributed by atoms with van der Waals surface area (Å²) in [6, 6.07) is 3.35. The second kappa shape index (κ2) is 9.78. The summed E-state index contributed by atoms with van der Waals surface area (Å²) in [5.41, 5.74) is 0.590. The summed E-state index contributed by atoms with van der Waals surface area (Å²) in [5.74, 6) is -0.466. The number of carbonyl (C=O) groups is 2. The molecule has 2 heterocycles. The van der Waals surface area contributed by atoms with Gasteiger partial charge in [0.2, 0.25) is 0 Å². The second-order valence-electron chi connectivity index (χ2n) is 10.7. The zero-order valence-electron chi connectivity index (χ0n) is 21.0. The summed E-state index contributed by atoms with van der Waals surface area (Å²) in [6.07, 6.45) is 1.35. The van der Waals surface area contributed by atoms with Crippen molar-refractivity contribution < 1.29 is 23.5 Å². The molecule has 0 bridgehead atoms. The average Bonchev–Trinajstić information content (AvgIpc) is 2.69. The first-order valence-electron chi connectivity index (χ1n) is 11.1. The molecule has 2 rings (SSSR count). The number of pyridine rings is 1. The molecule has 1 fully saturated rings. The molecule has 0 aromatic carbocycles. The Labute approximate surface area is 193 Å². The molecule has 1 atom stereocenters. The molecule has 0 N–H and O–H groups in total. The molecule has 1 unspecified atom stereocenters. The SMILES string of the molecule is COC(=O)c1ccc(N2CCN(C(=O)OC(C)(C)C)C(CO[Si](C)(C)C(C)(C)C)C2)cn1. The van der Waals surface area contributed by atoms with Crippen LogP contribution in [-0.4, -0.2) is 75.3 Å². The van der Waals surface area contributed by atoms with Crippen molar-refractivity contribution >= 4 is 26.1 Å². The van der Waals surface area contributed by atoms with Crippen molar-refractivity contribution in [1.29, 1.82) is 0 Å². The highest BCUT2D eigenvalue weighted by molar-refractivity contribution is 6.74. The van der Waals surface area contributed by atoms with Crippen molar-refractivity contribution in [2.75, 3.05) is 38.3 Å². The number of rotatable bonds is 5. The van der Waals surface area contributed by atoms with Crippen molar-refractivity contribution in [2.24, 2.45) is 0 Å². The number of anilines is 1. The Morgan fingerprint density at radius 3 is 2.28 bits per heavy atom. The summed E-state index contributed by atoms with van der Waals surface area (Å²) in [4.78, 5) is 32.8. The molecule has 1 aliphatic heterocycles. The number of aromatic nitrogens is 1. The maximum Gasteiger partial charge on any atom is 0.410 e. The molecule has 1 aliphatic rings. The maximum absolute atomic E-state index is 12.9. The van der Waals surface area contributed by atoms with Gasteiger partial charge in [-0.1, -0.05) is 20.8 Å². The smallest absolute Gasteiger partial charge is 0.410 e. The van der Waals surface area contributed by atoms with Gasteiger partial charge in [-0.3, -0.25) is 4.90 Å². The van der Waals surface area contributed by atoms with Gasteiger partial charge in [0, 0.05) is 19.6 Å². The highest BCUT2D eigenvalue weighted by atomic mass is 28.4. The van der Waals surface area contributed by atoms with E-state index >= 15 is 0 Å². The van der Waals surface area contributed by atoms with E-state index in [1.165, 1.54) is 7.11 Å². The minimum Gasteiger partial charge on any atom is -0.464 e. The molecule has 8 nitrogen and oxygen atoms in total. The Hall–Kier alpha value is -2.13. The number of hydrogen-bond donors (Lipinski definition) is 0. The normalized spacial score (nSPS) is 17.8. The van der Waals surface area contributed by atoms with Crippen molar-refractivity contribution in [1.82, 2.24) is 9.88 Å². The minimum atomic E-state index is -1.99. The van der Waals surface area contributed by atoms with E-state index in [-0.39, 0.29) is 22.9 Å². The Bertz CT molecular complexity index is 799. The third-order valence-electron chi connectivity index (χ3n) is 6.06. The molecule has 1 aromatic rings. The van der Waals surface area contributed by atoms with Crippen LogP contribution in [0.2, 0.25) is 18.1 Å². The van der Waals surface area contributed by atoms with Gasteiger partial charge in [0.05, 0.1) is 31.6 Å². The lowest BCUT2D eigenvalue weighted by Gasteiger charge is -2.44. The van der Waals surface area contributed by atoms with Gasteiger partial charge in [-0.2, -0.15) is 0 Å². The topological polar surface area (TPSA) is 81.2 Å². The fourth-order valence-corrected chi connectivity index (χ4v) is 4.15. The van der Waals surface area contributed by atoms with Crippen molar-refractivity contribution in [3.8, 4) is 0 Å². The van der Waals surface area contributed by atoms with Crippen LogP contribution in [0.3, 0.4) is 0 Å². The van der Waals surface area contributed by atoms with Gasteiger partial charge in [-0.15, -0.1) is 0 Å². The summed E-state index contributed by atoms with van der Waals surface area (Å²) in [7, 11) is -0.653. The van der Waals surface area contributed by atoms with Gasteiger partial charge >= 0.3 is 12.1 Å². The standard InChI is InChI=1S/C23H39N3O5Si/c1-22(2,3)31-21(28)26-13-12-25(17-10-11-19(24-14-17)20(27)29-7)15-18(26)16-30-32(8,9)23(4,5)6/h10-11,14,18H,12-13,15-16H2,1-9H3. The lowest BCUT2D eigenvalue weighted by atomic mass is 10.1. The van der Waals surface area contributed by atoms with E-state index in [9.17, 15) is 9.59 Å². The number of amides is 1. The molecule has 1 aromatic heterocycles. The van der Waals surface area contributed by atoms with Crippen LogP contribution < -0.4 is 4.90 Å². The Balaban J connectivity index is 2.20. The van der Waals surface area contributed by atoms with Crippen LogP contribution in [-0.2, 0) is 13.9 Å². The molecule has 180 valence electrons. The molecule has 0 radical (unpaired) electrons. The number of nitrogens with zero attached hydrogens (tertiary/aromatic N) is 3. The van der Waals surface area contributed by atoms with Gasteiger partial charge in [-0.25, -0.2) is 14.6 Å². The first kappa shape index (κ1) is 26.1. The summed E-state index contributed by atoms with van der Waals surface area (Å²) < 4.78 is 16.9. The van der Waals surface area contributed by atoms with Gasteiger partial charge < -0.3 is 18.8 Å². The molecule has 9 heteroatoms. The first-order valence-corrected chi connectivity index (χ1v) is 14.0. The van der Waals surface area contributed by atoms with Gasteiger partial charge in [0.25, 0.3) is 0 Å². The second-order valence-corrected chi connectivity index (χ2v) is 15.5. The quantitative estimate of drug-likeness (QED) is 0.473. The molecular formula is C23H39N3O5Si. The van der Waals surface area contributed by atoms with E-state index in [0.29, 0.717) is 26.2 Å². The third kappa shape index (κ3) is 6.68. The molecule has 1 saturated heterocycles. The lowest BCUT2D eigenvalue weighted by Crippen LogP contribution is -2.59. The zero-order chi connectivity index (χ0) is 24.3. The monoisotopic (exact) mass is 465 g/mol. The van der Waals surface area contributed by atoms with Crippen LogP contribution in [0.4, 0.5) is 10.5 Å². The van der Waals surface area contributed by atoms with E-state index in [0.717, 1.165) is 5.69 Å². The number of ether oxygens (including phenoxy) is 2. The summed E-state index contributed by atoms with van der Waals surface area (Å²) in [5, 5.41) is 0.0751. The van der Waals surface area contributed by atoms with Crippen LogP contribution in [0.5, 0.6) is 0 Å². The fourth-order valence-electron chi connectivity index (χ4n) is 3.11. The zero-order valence-corrected chi connectivity index (χ0v) is 22.0. The lowest BCUT2D eigenvalue weighted by molar-refractivity contribution is 0.00781. The Morgan fingerprint density at radius 1 is 1.12 bits per heavy atom. The van der Waals surface area contributed by atoms with Gasteiger partial charge in [-0.05, 0) is 51.0 Å². The van der Waals surface area contributed by atoms with Gasteiger partial charge in [0.1, 0.15) is 11.3 Å². The van der Waals surface area contributed by atoms with Crippen molar-refractivity contribution in [2.45, 2.75) is 71.3 Å². The number of hydrogen-bond acceptors (Lipinski definition) is 7. The molecular weight excluding hydrogens is 426 g/mol.